The molecule has 0 unspecified atom stereocenters. The SMILES string of the molecule is CN(Cc1ccc(Cl)cc1)C(=O)c1csc(-c2ccccc2)n1. The van der Waals surface area contributed by atoms with Crippen LogP contribution in [-0.4, -0.2) is 22.8 Å². The lowest BCUT2D eigenvalue weighted by atomic mass is 10.2. The van der Waals surface area contributed by atoms with Crippen molar-refractivity contribution >= 4 is 28.8 Å². The van der Waals surface area contributed by atoms with E-state index in [1.54, 1.807) is 11.9 Å². The first-order valence-electron chi connectivity index (χ1n) is 7.14. The van der Waals surface area contributed by atoms with E-state index in [1.807, 2.05) is 60.0 Å². The zero-order chi connectivity index (χ0) is 16.2. The molecule has 0 aliphatic heterocycles. The summed E-state index contributed by atoms with van der Waals surface area (Å²) in [7, 11) is 1.78. The minimum Gasteiger partial charge on any atom is -0.336 e. The van der Waals surface area contributed by atoms with Crippen molar-refractivity contribution in [1.29, 1.82) is 0 Å². The van der Waals surface area contributed by atoms with Gasteiger partial charge in [0, 0.05) is 29.6 Å². The van der Waals surface area contributed by atoms with Gasteiger partial charge in [0.05, 0.1) is 0 Å². The molecule has 116 valence electrons. The molecule has 1 amide bonds. The van der Waals surface area contributed by atoms with Crippen molar-refractivity contribution in [1.82, 2.24) is 9.88 Å². The summed E-state index contributed by atoms with van der Waals surface area (Å²) < 4.78 is 0. The Balaban J connectivity index is 1.72. The average Bonchev–Trinajstić information content (AvgIpc) is 3.07. The number of carbonyl (C=O) groups is 1. The lowest BCUT2D eigenvalue weighted by molar-refractivity contribution is 0.0780. The van der Waals surface area contributed by atoms with Gasteiger partial charge in [0.1, 0.15) is 10.7 Å². The molecule has 0 saturated heterocycles. The van der Waals surface area contributed by atoms with Crippen molar-refractivity contribution < 1.29 is 4.79 Å². The Bertz CT molecular complexity index is 799. The van der Waals surface area contributed by atoms with E-state index in [2.05, 4.69) is 4.98 Å². The van der Waals surface area contributed by atoms with Crippen LogP contribution in [0.25, 0.3) is 10.6 Å². The molecule has 0 atom stereocenters. The van der Waals surface area contributed by atoms with Crippen molar-refractivity contribution in [2.75, 3.05) is 7.05 Å². The Hall–Kier alpha value is -2.17. The fraction of sp³-hybridized carbons (Fsp3) is 0.111. The zero-order valence-electron chi connectivity index (χ0n) is 12.6. The van der Waals surface area contributed by atoms with E-state index in [0.717, 1.165) is 16.1 Å². The van der Waals surface area contributed by atoms with Crippen LogP contribution in [0, 0.1) is 0 Å². The van der Waals surface area contributed by atoms with Crippen LogP contribution in [0.2, 0.25) is 5.02 Å². The van der Waals surface area contributed by atoms with Crippen molar-refractivity contribution in [2.45, 2.75) is 6.54 Å². The van der Waals surface area contributed by atoms with Crippen molar-refractivity contribution in [3.8, 4) is 10.6 Å². The molecule has 5 heteroatoms. The summed E-state index contributed by atoms with van der Waals surface area (Å²) in [6.45, 7) is 0.522. The Morgan fingerprint density at radius 2 is 1.83 bits per heavy atom. The molecular formula is C18H15ClN2OS. The second kappa shape index (κ2) is 6.94. The standard InChI is InChI=1S/C18H15ClN2OS/c1-21(11-13-7-9-15(19)10-8-13)18(22)16-12-23-17(20-16)14-5-3-2-4-6-14/h2-10,12H,11H2,1H3. The average molecular weight is 343 g/mol. The Labute approximate surface area is 144 Å². The topological polar surface area (TPSA) is 33.2 Å². The van der Waals surface area contributed by atoms with Gasteiger partial charge >= 0.3 is 0 Å². The lowest BCUT2D eigenvalue weighted by Crippen LogP contribution is -2.26. The highest BCUT2D eigenvalue weighted by Gasteiger charge is 2.16. The summed E-state index contributed by atoms with van der Waals surface area (Å²) in [5.74, 6) is -0.0848. The molecule has 2 aromatic carbocycles. The number of hydrogen-bond acceptors (Lipinski definition) is 3. The van der Waals surface area contributed by atoms with Gasteiger partial charge in [0.2, 0.25) is 0 Å². The molecule has 1 aromatic heterocycles. The second-order valence-electron chi connectivity index (χ2n) is 5.19. The molecule has 0 fully saturated rings. The summed E-state index contributed by atoms with van der Waals surface area (Å²) in [6, 6.07) is 17.4. The molecule has 0 saturated carbocycles. The number of hydrogen-bond donors (Lipinski definition) is 0. The monoisotopic (exact) mass is 342 g/mol. The van der Waals surface area contributed by atoms with Crippen LogP contribution in [0.15, 0.2) is 60.0 Å². The number of aromatic nitrogens is 1. The van der Waals surface area contributed by atoms with Gasteiger partial charge in [-0.15, -0.1) is 11.3 Å². The van der Waals surface area contributed by atoms with Crippen LogP contribution in [0.3, 0.4) is 0 Å². The third-order valence-corrected chi connectivity index (χ3v) is 4.57. The van der Waals surface area contributed by atoms with Gasteiger partial charge in [0.15, 0.2) is 0 Å². The molecule has 3 aromatic rings. The molecule has 1 heterocycles. The van der Waals surface area contributed by atoms with Crippen LogP contribution >= 0.6 is 22.9 Å². The van der Waals surface area contributed by atoms with Crippen LogP contribution in [-0.2, 0) is 6.54 Å². The second-order valence-corrected chi connectivity index (χ2v) is 6.49. The molecule has 0 N–H and O–H groups in total. The van der Waals surface area contributed by atoms with Gasteiger partial charge in [0.25, 0.3) is 5.91 Å². The molecule has 0 radical (unpaired) electrons. The van der Waals surface area contributed by atoms with Crippen LogP contribution < -0.4 is 0 Å². The summed E-state index contributed by atoms with van der Waals surface area (Å²) in [6.07, 6.45) is 0. The zero-order valence-corrected chi connectivity index (χ0v) is 14.1. The highest BCUT2D eigenvalue weighted by molar-refractivity contribution is 7.13. The van der Waals surface area contributed by atoms with E-state index in [0.29, 0.717) is 17.3 Å². The molecule has 0 aliphatic carbocycles. The van der Waals surface area contributed by atoms with Crippen molar-refractivity contribution in [3.05, 3.63) is 76.3 Å². The van der Waals surface area contributed by atoms with Gasteiger partial charge in [-0.2, -0.15) is 0 Å². The maximum atomic E-state index is 12.5. The predicted octanol–water partition coefficient (Wildman–Crippen LogP) is 4.74. The van der Waals surface area contributed by atoms with Crippen molar-refractivity contribution in [2.24, 2.45) is 0 Å². The molecule has 3 rings (SSSR count). The molecule has 0 aliphatic rings. The van der Waals surface area contributed by atoms with E-state index >= 15 is 0 Å². The fourth-order valence-corrected chi connectivity index (χ4v) is 3.14. The number of amides is 1. The van der Waals surface area contributed by atoms with Gasteiger partial charge < -0.3 is 4.90 Å². The van der Waals surface area contributed by atoms with Gasteiger partial charge in [-0.25, -0.2) is 4.98 Å². The Morgan fingerprint density at radius 1 is 1.13 bits per heavy atom. The number of nitrogens with zero attached hydrogens (tertiary/aromatic N) is 2. The van der Waals surface area contributed by atoms with Crippen LogP contribution in [0.5, 0.6) is 0 Å². The molecular weight excluding hydrogens is 328 g/mol. The summed E-state index contributed by atoms with van der Waals surface area (Å²) in [5.41, 5.74) is 2.53. The van der Waals surface area contributed by atoms with E-state index in [4.69, 9.17) is 11.6 Å². The third kappa shape index (κ3) is 3.78. The third-order valence-electron chi connectivity index (χ3n) is 3.42. The molecule has 0 spiro atoms. The molecule has 0 bridgehead atoms. The predicted molar refractivity (Wildman–Crippen MR) is 94.8 cm³/mol. The minimum absolute atomic E-state index is 0.0848. The lowest BCUT2D eigenvalue weighted by Gasteiger charge is -2.16. The van der Waals surface area contributed by atoms with Gasteiger partial charge in [-0.05, 0) is 17.7 Å². The highest BCUT2D eigenvalue weighted by atomic mass is 35.5. The number of benzene rings is 2. The number of halogens is 1. The molecule has 23 heavy (non-hydrogen) atoms. The number of carbonyl (C=O) groups excluding carboxylic acids is 1. The van der Waals surface area contributed by atoms with E-state index in [9.17, 15) is 4.79 Å². The smallest absolute Gasteiger partial charge is 0.273 e. The van der Waals surface area contributed by atoms with Gasteiger partial charge in [-0.1, -0.05) is 54.1 Å². The van der Waals surface area contributed by atoms with Crippen molar-refractivity contribution in [3.63, 3.8) is 0 Å². The summed E-state index contributed by atoms with van der Waals surface area (Å²) >= 11 is 7.36. The normalized spacial score (nSPS) is 10.5. The largest absolute Gasteiger partial charge is 0.336 e. The van der Waals surface area contributed by atoms with E-state index in [-0.39, 0.29) is 5.91 Å². The van der Waals surface area contributed by atoms with Crippen LogP contribution in [0.1, 0.15) is 16.1 Å². The van der Waals surface area contributed by atoms with Crippen LogP contribution in [0.4, 0.5) is 0 Å². The van der Waals surface area contributed by atoms with Gasteiger partial charge in [-0.3, -0.25) is 4.79 Å². The first-order valence-corrected chi connectivity index (χ1v) is 8.40. The Morgan fingerprint density at radius 3 is 2.52 bits per heavy atom. The first-order chi connectivity index (χ1) is 11.1. The fourth-order valence-electron chi connectivity index (χ4n) is 2.22. The summed E-state index contributed by atoms with van der Waals surface area (Å²) in [5, 5.41) is 3.35. The number of thiazole rings is 1. The summed E-state index contributed by atoms with van der Waals surface area (Å²) in [4.78, 5) is 18.6. The van der Waals surface area contributed by atoms with E-state index in [1.165, 1.54) is 11.3 Å². The highest BCUT2D eigenvalue weighted by Crippen LogP contribution is 2.24. The minimum atomic E-state index is -0.0848. The Kier molecular flexibility index (Phi) is 4.74. The quantitative estimate of drug-likeness (QED) is 0.686. The van der Waals surface area contributed by atoms with E-state index < -0.39 is 0 Å². The molecule has 3 nitrogen and oxygen atoms in total. The first kappa shape index (κ1) is 15.7. The maximum absolute atomic E-state index is 12.5. The number of rotatable bonds is 4. The maximum Gasteiger partial charge on any atom is 0.273 e.